The Morgan fingerprint density at radius 1 is 1.29 bits per heavy atom. The number of aryl methyl sites for hydroxylation is 3. The lowest BCUT2D eigenvalue weighted by atomic mass is 10.1. The summed E-state index contributed by atoms with van der Waals surface area (Å²) in [6, 6.07) is 4.75. The molecule has 0 N–H and O–H groups in total. The molecule has 3 aromatic rings. The van der Waals surface area contributed by atoms with Crippen LogP contribution in [-0.2, 0) is 29.6 Å². The number of hydrogen-bond donors (Lipinski definition) is 0. The summed E-state index contributed by atoms with van der Waals surface area (Å²) in [5, 5.41) is 5.79. The lowest BCUT2D eigenvalue weighted by molar-refractivity contribution is -0.138. The highest BCUT2D eigenvalue weighted by atomic mass is 35.5. The third-order valence-electron chi connectivity index (χ3n) is 4.33. The van der Waals surface area contributed by atoms with E-state index in [1.165, 1.54) is 16.8 Å². The van der Waals surface area contributed by atoms with Crippen molar-refractivity contribution in [3.8, 4) is 0 Å². The van der Waals surface area contributed by atoms with Crippen LogP contribution in [0.4, 0.5) is 0 Å². The smallest absolute Gasteiger partial charge is 0.336 e. The number of fused-ring (bicyclic) bond motifs is 1. The molecule has 0 radical (unpaired) electrons. The minimum Gasteiger partial charge on any atom is -0.458 e. The molecule has 0 fully saturated rings. The van der Waals surface area contributed by atoms with Gasteiger partial charge < -0.3 is 9.15 Å². The topological polar surface area (TPSA) is 74.3 Å². The monoisotopic (exact) mass is 420 g/mol. The Bertz CT molecular complexity index is 1150. The summed E-state index contributed by atoms with van der Waals surface area (Å²) in [5.41, 5.74) is 2.63. The van der Waals surface area contributed by atoms with Gasteiger partial charge in [0.25, 0.3) is 0 Å². The molecule has 0 spiro atoms. The molecule has 0 aliphatic carbocycles. The SMILES string of the molecule is CCc1cc2oc(=O)cc(COC(=O)/C=C/c3c(C)nn(C)c3Cl)c2cc1Cl. The minimum atomic E-state index is -0.572. The first kappa shape index (κ1) is 20.2. The lowest BCUT2D eigenvalue weighted by Crippen LogP contribution is -2.06. The van der Waals surface area contributed by atoms with Gasteiger partial charge in [0.15, 0.2) is 0 Å². The van der Waals surface area contributed by atoms with Crippen LogP contribution in [0.15, 0.2) is 33.5 Å². The van der Waals surface area contributed by atoms with E-state index < -0.39 is 11.6 Å². The van der Waals surface area contributed by atoms with E-state index in [2.05, 4.69) is 5.10 Å². The number of hydrogen-bond acceptors (Lipinski definition) is 5. The van der Waals surface area contributed by atoms with Crippen LogP contribution in [0.3, 0.4) is 0 Å². The standard InChI is InChI=1S/C20H18Cl2N2O4/c1-4-12-7-17-15(9-16(12)21)13(8-19(26)28-17)10-27-18(25)6-5-14-11(2)23-24(3)20(14)22/h5-9H,4,10H2,1-3H3/b6-5+. The van der Waals surface area contributed by atoms with Crippen molar-refractivity contribution in [3.63, 3.8) is 0 Å². The van der Waals surface area contributed by atoms with E-state index in [0.29, 0.717) is 44.4 Å². The maximum absolute atomic E-state index is 12.1. The molecule has 0 aliphatic rings. The van der Waals surface area contributed by atoms with E-state index in [9.17, 15) is 9.59 Å². The maximum atomic E-state index is 12.1. The third-order valence-corrected chi connectivity index (χ3v) is 5.13. The zero-order valence-corrected chi connectivity index (χ0v) is 17.1. The molecule has 8 heteroatoms. The highest BCUT2D eigenvalue weighted by Gasteiger charge is 2.12. The molecule has 2 heterocycles. The molecule has 0 saturated heterocycles. The Labute approximate surface area is 171 Å². The van der Waals surface area contributed by atoms with Crippen molar-refractivity contribution in [3.05, 3.63) is 67.3 Å². The quantitative estimate of drug-likeness (QED) is 0.346. The summed E-state index contributed by atoms with van der Waals surface area (Å²) >= 11 is 12.4. The second-order valence-electron chi connectivity index (χ2n) is 6.24. The molecule has 0 bridgehead atoms. The average Bonchev–Trinajstić information content (AvgIpc) is 2.89. The number of ether oxygens (including phenoxy) is 1. The fourth-order valence-electron chi connectivity index (χ4n) is 2.86. The van der Waals surface area contributed by atoms with Gasteiger partial charge in [-0.2, -0.15) is 5.10 Å². The Balaban J connectivity index is 1.81. The van der Waals surface area contributed by atoms with Crippen molar-refractivity contribution >= 4 is 46.2 Å². The van der Waals surface area contributed by atoms with Gasteiger partial charge in [0.2, 0.25) is 0 Å². The summed E-state index contributed by atoms with van der Waals surface area (Å²) in [6.07, 6.45) is 3.53. The van der Waals surface area contributed by atoms with E-state index >= 15 is 0 Å². The molecule has 0 atom stereocenters. The van der Waals surface area contributed by atoms with Gasteiger partial charge in [-0.3, -0.25) is 4.68 Å². The number of carbonyl (C=O) groups excluding carboxylic acids is 1. The normalized spacial score (nSPS) is 11.5. The van der Waals surface area contributed by atoms with Crippen LogP contribution in [0.1, 0.15) is 29.3 Å². The van der Waals surface area contributed by atoms with E-state index in [-0.39, 0.29) is 6.61 Å². The van der Waals surface area contributed by atoms with Crippen molar-refractivity contribution in [1.29, 1.82) is 0 Å². The number of aromatic nitrogens is 2. The average molecular weight is 421 g/mol. The summed E-state index contributed by atoms with van der Waals surface area (Å²) in [7, 11) is 1.71. The van der Waals surface area contributed by atoms with Crippen LogP contribution in [0.2, 0.25) is 10.2 Å². The number of nitrogens with zero attached hydrogens (tertiary/aromatic N) is 2. The molecule has 28 heavy (non-hydrogen) atoms. The van der Waals surface area contributed by atoms with Crippen LogP contribution in [0.5, 0.6) is 0 Å². The summed E-state index contributed by atoms with van der Waals surface area (Å²) in [5.74, 6) is -0.572. The zero-order chi connectivity index (χ0) is 20.4. The molecule has 1 aromatic carbocycles. The number of rotatable bonds is 5. The molecule has 146 valence electrons. The molecule has 0 unspecified atom stereocenters. The molecular weight excluding hydrogens is 403 g/mol. The first-order valence-corrected chi connectivity index (χ1v) is 9.34. The molecule has 0 saturated carbocycles. The van der Waals surface area contributed by atoms with Crippen LogP contribution < -0.4 is 5.63 Å². The fourth-order valence-corrected chi connectivity index (χ4v) is 3.40. The number of carbonyl (C=O) groups is 1. The molecule has 2 aromatic heterocycles. The largest absolute Gasteiger partial charge is 0.458 e. The lowest BCUT2D eigenvalue weighted by Gasteiger charge is -2.08. The molecular formula is C20H18Cl2N2O4. The number of halogens is 2. The summed E-state index contributed by atoms with van der Waals surface area (Å²) in [6.45, 7) is 3.66. The van der Waals surface area contributed by atoms with E-state index in [0.717, 1.165) is 5.56 Å². The Kier molecular flexibility index (Phi) is 5.91. The van der Waals surface area contributed by atoms with Crippen molar-refractivity contribution < 1.29 is 13.9 Å². The van der Waals surface area contributed by atoms with Gasteiger partial charge in [-0.05, 0) is 37.1 Å². The van der Waals surface area contributed by atoms with E-state index in [4.69, 9.17) is 32.4 Å². The minimum absolute atomic E-state index is 0.0904. The van der Waals surface area contributed by atoms with Crippen LogP contribution in [-0.4, -0.2) is 15.7 Å². The number of benzene rings is 1. The van der Waals surface area contributed by atoms with Gasteiger partial charge in [-0.15, -0.1) is 0 Å². The molecule has 0 amide bonds. The fraction of sp³-hybridized carbons (Fsp3) is 0.250. The summed E-state index contributed by atoms with van der Waals surface area (Å²) < 4.78 is 12.0. The van der Waals surface area contributed by atoms with Crippen LogP contribution >= 0.6 is 23.2 Å². The van der Waals surface area contributed by atoms with Crippen molar-refractivity contribution in [2.75, 3.05) is 0 Å². The van der Waals surface area contributed by atoms with Crippen LogP contribution in [0.25, 0.3) is 17.0 Å². The van der Waals surface area contributed by atoms with Gasteiger partial charge in [0.1, 0.15) is 17.3 Å². The highest BCUT2D eigenvalue weighted by molar-refractivity contribution is 6.32. The second-order valence-corrected chi connectivity index (χ2v) is 7.00. The van der Waals surface area contributed by atoms with Gasteiger partial charge in [0.05, 0.1) is 5.69 Å². The van der Waals surface area contributed by atoms with Crippen molar-refractivity contribution in [2.24, 2.45) is 7.05 Å². The predicted octanol–water partition coefficient (Wildman–Crippen LogP) is 4.46. The highest BCUT2D eigenvalue weighted by Crippen LogP contribution is 2.26. The van der Waals surface area contributed by atoms with Crippen molar-refractivity contribution in [1.82, 2.24) is 9.78 Å². The van der Waals surface area contributed by atoms with Gasteiger partial charge in [0, 0.05) is 40.7 Å². The predicted molar refractivity (Wildman–Crippen MR) is 109 cm³/mol. The Morgan fingerprint density at radius 2 is 2.04 bits per heavy atom. The number of esters is 1. The van der Waals surface area contributed by atoms with Crippen molar-refractivity contribution in [2.45, 2.75) is 26.9 Å². The second kappa shape index (κ2) is 8.20. The first-order chi connectivity index (χ1) is 13.3. The van der Waals surface area contributed by atoms with Crippen LogP contribution in [0, 0.1) is 6.92 Å². The van der Waals surface area contributed by atoms with Gasteiger partial charge >= 0.3 is 11.6 Å². The Hall–Kier alpha value is -2.57. The van der Waals surface area contributed by atoms with Gasteiger partial charge in [-0.25, -0.2) is 9.59 Å². The van der Waals surface area contributed by atoms with Gasteiger partial charge in [-0.1, -0.05) is 30.1 Å². The zero-order valence-electron chi connectivity index (χ0n) is 15.6. The molecule has 6 nitrogen and oxygen atoms in total. The summed E-state index contributed by atoms with van der Waals surface area (Å²) in [4.78, 5) is 23.9. The van der Waals surface area contributed by atoms with E-state index in [1.54, 1.807) is 32.2 Å². The first-order valence-electron chi connectivity index (χ1n) is 8.59. The third kappa shape index (κ3) is 4.13. The molecule has 0 aliphatic heterocycles. The van der Waals surface area contributed by atoms with E-state index in [1.807, 2.05) is 6.92 Å². The molecule has 3 rings (SSSR count). The maximum Gasteiger partial charge on any atom is 0.336 e. The Morgan fingerprint density at radius 3 is 2.68 bits per heavy atom.